The smallest absolute Gasteiger partial charge is 0.319 e. The van der Waals surface area contributed by atoms with Crippen LogP contribution < -0.4 is 9.38 Å². The first-order valence-corrected chi connectivity index (χ1v) is 16.7. The van der Waals surface area contributed by atoms with E-state index in [1.165, 1.54) is 88.9 Å². The van der Waals surface area contributed by atoms with Crippen LogP contribution in [0.3, 0.4) is 0 Å². The lowest BCUT2D eigenvalue weighted by Gasteiger charge is -2.36. The SMILES string of the molecule is CCCCCCCCCCCCCCCCOCC(O)COP(=O)([O-])OC=C1CCc2ccccc2[N+]1(C)C. The lowest BCUT2D eigenvalue weighted by Crippen LogP contribution is -2.42. The van der Waals surface area contributed by atoms with Gasteiger partial charge in [0, 0.05) is 18.6 Å². The molecule has 0 spiro atoms. The molecule has 0 fully saturated rings. The number of unbranched alkanes of at least 4 members (excludes halogenated alkanes) is 13. The third kappa shape index (κ3) is 13.8. The van der Waals surface area contributed by atoms with Crippen LogP contribution in [0.1, 0.15) is 109 Å². The molecule has 2 unspecified atom stereocenters. The number of aliphatic hydroxyl groups excluding tert-OH is 1. The van der Waals surface area contributed by atoms with Crippen molar-refractivity contribution in [3.8, 4) is 0 Å². The number of hydrogen-bond donors (Lipinski definition) is 1. The van der Waals surface area contributed by atoms with Crippen LogP contribution in [0.15, 0.2) is 36.2 Å². The first kappa shape index (κ1) is 34.0. The molecular weight excluding hydrogens is 513 g/mol. The quantitative estimate of drug-likeness (QED) is 0.0680. The number of benzene rings is 1. The number of quaternary nitrogens is 1. The molecule has 2 atom stereocenters. The Balaban J connectivity index is 1.47. The third-order valence-corrected chi connectivity index (χ3v) is 8.49. The summed E-state index contributed by atoms with van der Waals surface area (Å²) in [4.78, 5) is 12.2. The average Bonchev–Trinajstić information content (AvgIpc) is 2.91. The molecule has 7 nitrogen and oxygen atoms in total. The van der Waals surface area contributed by atoms with Gasteiger partial charge in [0.2, 0.25) is 0 Å². The van der Waals surface area contributed by atoms with Crippen LogP contribution in [0.5, 0.6) is 0 Å². The molecule has 1 N–H and O–H groups in total. The van der Waals surface area contributed by atoms with E-state index in [0.29, 0.717) is 17.5 Å². The Morgan fingerprint density at radius 2 is 1.46 bits per heavy atom. The van der Waals surface area contributed by atoms with E-state index in [-0.39, 0.29) is 13.2 Å². The van der Waals surface area contributed by atoms with Crippen LogP contribution in [-0.2, 0) is 24.8 Å². The van der Waals surface area contributed by atoms with E-state index < -0.39 is 13.9 Å². The van der Waals surface area contributed by atoms with Crippen LogP contribution in [0.2, 0.25) is 0 Å². The fraction of sp³-hybridized carbons (Fsp3) is 0.742. The van der Waals surface area contributed by atoms with Crippen molar-refractivity contribution in [1.82, 2.24) is 4.48 Å². The number of aliphatic hydroxyl groups is 1. The van der Waals surface area contributed by atoms with Crippen LogP contribution in [0.4, 0.5) is 5.69 Å². The molecule has 1 aliphatic heterocycles. The van der Waals surface area contributed by atoms with E-state index in [1.807, 2.05) is 32.3 Å². The summed E-state index contributed by atoms with van der Waals surface area (Å²) in [5, 5.41) is 10.1. The summed E-state index contributed by atoms with van der Waals surface area (Å²) in [5.41, 5.74) is 3.20. The van der Waals surface area contributed by atoms with E-state index in [9.17, 15) is 14.6 Å². The minimum Gasteiger partial charge on any atom is -0.746 e. The van der Waals surface area contributed by atoms with Crippen molar-refractivity contribution in [2.75, 3.05) is 33.9 Å². The van der Waals surface area contributed by atoms with Gasteiger partial charge in [0.05, 0.1) is 27.3 Å². The van der Waals surface area contributed by atoms with Gasteiger partial charge in [-0.15, -0.1) is 0 Å². The van der Waals surface area contributed by atoms with Crippen molar-refractivity contribution >= 4 is 13.5 Å². The second-order valence-corrected chi connectivity index (χ2v) is 12.7. The van der Waals surface area contributed by atoms with Gasteiger partial charge in [0.1, 0.15) is 23.8 Å². The summed E-state index contributed by atoms with van der Waals surface area (Å²) in [7, 11) is -0.576. The predicted molar refractivity (Wildman–Crippen MR) is 158 cm³/mol. The Morgan fingerprint density at radius 3 is 2.08 bits per heavy atom. The van der Waals surface area contributed by atoms with Crippen molar-refractivity contribution in [3.63, 3.8) is 0 Å². The first-order valence-electron chi connectivity index (χ1n) is 15.3. The molecule has 1 aliphatic rings. The highest BCUT2D eigenvalue weighted by Gasteiger charge is 2.33. The summed E-state index contributed by atoms with van der Waals surface area (Å²) in [6.45, 7) is 2.48. The van der Waals surface area contributed by atoms with Gasteiger partial charge in [-0.05, 0) is 18.9 Å². The summed E-state index contributed by atoms with van der Waals surface area (Å²) < 4.78 is 28.1. The number of nitrogens with zero attached hydrogens (tertiary/aromatic N) is 1. The summed E-state index contributed by atoms with van der Waals surface area (Å²) in [6, 6.07) is 8.13. The molecule has 0 saturated heterocycles. The molecule has 8 heteroatoms. The summed E-state index contributed by atoms with van der Waals surface area (Å²) in [6.07, 6.45) is 20.0. The molecule has 0 aliphatic carbocycles. The summed E-state index contributed by atoms with van der Waals surface area (Å²) >= 11 is 0. The van der Waals surface area contributed by atoms with Gasteiger partial charge < -0.3 is 23.8 Å². The highest BCUT2D eigenvalue weighted by molar-refractivity contribution is 7.46. The van der Waals surface area contributed by atoms with Gasteiger partial charge in [-0.1, -0.05) is 109 Å². The van der Waals surface area contributed by atoms with Gasteiger partial charge in [0.25, 0.3) is 0 Å². The maximum atomic E-state index is 12.2. The van der Waals surface area contributed by atoms with E-state index in [1.54, 1.807) is 0 Å². The highest BCUT2D eigenvalue weighted by atomic mass is 31.2. The van der Waals surface area contributed by atoms with Crippen molar-refractivity contribution in [2.24, 2.45) is 0 Å². The lowest BCUT2D eigenvalue weighted by atomic mass is 9.98. The maximum Gasteiger partial charge on any atom is 0.319 e. The number of para-hydroxylation sites is 1. The third-order valence-electron chi connectivity index (χ3n) is 7.66. The van der Waals surface area contributed by atoms with E-state index in [0.717, 1.165) is 30.6 Å². The summed E-state index contributed by atoms with van der Waals surface area (Å²) in [5.74, 6) is 0. The molecule has 0 saturated carbocycles. The Bertz CT molecular complexity index is 874. The Hall–Kier alpha value is -1.21. The zero-order chi connectivity index (χ0) is 28.4. The van der Waals surface area contributed by atoms with Gasteiger partial charge in [-0.3, -0.25) is 9.05 Å². The van der Waals surface area contributed by atoms with Gasteiger partial charge in [-0.2, -0.15) is 0 Å². The zero-order valence-corrected chi connectivity index (χ0v) is 25.7. The van der Waals surface area contributed by atoms with Crippen LogP contribution in [-0.4, -0.2) is 45.1 Å². The number of rotatable bonds is 22. The van der Waals surface area contributed by atoms with Crippen molar-refractivity contribution in [2.45, 2.75) is 116 Å². The second kappa shape index (κ2) is 19.0. The highest BCUT2D eigenvalue weighted by Crippen LogP contribution is 2.42. The number of phosphoric ester groups is 1. The molecule has 1 aromatic rings. The fourth-order valence-corrected chi connectivity index (χ4v) is 5.82. The van der Waals surface area contributed by atoms with Gasteiger partial charge in [0.15, 0.2) is 0 Å². The monoisotopic (exact) mass is 567 g/mol. The average molecular weight is 568 g/mol. The Labute approximate surface area is 237 Å². The molecule has 2 rings (SSSR count). The number of ether oxygens (including phenoxy) is 1. The van der Waals surface area contributed by atoms with Crippen molar-refractivity contribution in [3.05, 3.63) is 41.8 Å². The first-order chi connectivity index (χ1) is 18.8. The number of fused-ring (bicyclic) bond motifs is 1. The van der Waals surface area contributed by atoms with Crippen LogP contribution in [0, 0.1) is 0 Å². The topological polar surface area (TPSA) is 88.0 Å². The van der Waals surface area contributed by atoms with Crippen molar-refractivity contribution in [1.29, 1.82) is 0 Å². The van der Waals surface area contributed by atoms with E-state index in [4.69, 9.17) is 13.8 Å². The predicted octanol–water partition coefficient (Wildman–Crippen LogP) is 7.40. The van der Waals surface area contributed by atoms with Crippen LogP contribution >= 0.6 is 7.82 Å². The fourth-order valence-electron chi connectivity index (χ4n) is 5.15. The Morgan fingerprint density at radius 1 is 0.897 bits per heavy atom. The normalized spacial score (nSPS) is 18.0. The molecule has 0 bridgehead atoms. The molecule has 0 amide bonds. The lowest BCUT2D eigenvalue weighted by molar-refractivity contribution is -0.223. The van der Waals surface area contributed by atoms with E-state index >= 15 is 0 Å². The number of hydrogen-bond acceptors (Lipinski definition) is 6. The number of aryl methyl sites for hydroxylation is 1. The molecule has 224 valence electrons. The van der Waals surface area contributed by atoms with E-state index in [2.05, 4.69) is 13.0 Å². The standard InChI is InChI=1S/C31H54NO6P/c1-4-5-6-7-8-9-10-11-12-13-14-15-16-19-24-36-26-30(33)27-38-39(34,35)37-25-29-23-22-28-20-17-18-21-31(28)32(29,2)3/h17-18,20-21,25,30,33H,4-16,19,22-24,26-27H2,1-3H3. The number of allylic oxidation sites excluding steroid dienone is 1. The zero-order valence-electron chi connectivity index (χ0n) is 24.8. The second-order valence-electron chi connectivity index (χ2n) is 11.4. The largest absolute Gasteiger partial charge is 0.746 e. The van der Waals surface area contributed by atoms with Crippen LogP contribution in [0.25, 0.3) is 0 Å². The molecule has 1 aromatic carbocycles. The molecule has 39 heavy (non-hydrogen) atoms. The minimum absolute atomic E-state index is 0.0419. The molecular formula is C31H54NO6P. The van der Waals surface area contributed by atoms with Crippen molar-refractivity contribution < 1.29 is 28.3 Å². The maximum absolute atomic E-state index is 12.2. The Kier molecular flexibility index (Phi) is 16.6. The molecule has 0 radical (unpaired) electrons. The van der Waals surface area contributed by atoms with Gasteiger partial charge in [-0.25, -0.2) is 0 Å². The molecule has 0 aromatic heterocycles. The number of phosphoric acid groups is 1. The molecule has 1 heterocycles. The van der Waals surface area contributed by atoms with Gasteiger partial charge >= 0.3 is 7.82 Å². The minimum atomic E-state index is -4.58.